The highest BCUT2D eigenvalue weighted by Crippen LogP contribution is 2.30. The molecule has 3 nitrogen and oxygen atoms in total. The molecule has 0 aromatic heterocycles. The summed E-state index contributed by atoms with van der Waals surface area (Å²) in [6.45, 7) is 5.02. The van der Waals surface area contributed by atoms with E-state index in [1.807, 2.05) is 0 Å². The molecule has 144 valence electrons. The van der Waals surface area contributed by atoms with E-state index in [-0.39, 0.29) is 6.10 Å². The number of β-amino-alcohol motifs (C(OH)–C–C–N with tert-alkyl or cyclic N) is 1. The lowest BCUT2D eigenvalue weighted by molar-refractivity contribution is -0.0231. The van der Waals surface area contributed by atoms with Crippen LogP contribution in [0.4, 0.5) is 0 Å². The molecule has 2 aromatic rings. The molecule has 2 fully saturated rings. The standard InChI is InChI=1S/C23H29IN2O/c24-21-8-6-18(7-9-21)16-25-13-12-22(23(27)17-25)26-14-10-20(11-15-26)19-4-2-1-3-5-19/h1-9,20,22-23,27H,10-17H2/t22-,23-/m1/s1. The minimum atomic E-state index is -0.240. The zero-order chi connectivity index (χ0) is 18.6. The number of aliphatic hydroxyl groups is 1. The maximum Gasteiger partial charge on any atom is 0.0822 e. The van der Waals surface area contributed by atoms with Crippen LogP contribution in [0.15, 0.2) is 54.6 Å². The van der Waals surface area contributed by atoms with Crippen LogP contribution < -0.4 is 0 Å². The van der Waals surface area contributed by atoms with E-state index in [0.29, 0.717) is 12.0 Å². The maximum atomic E-state index is 10.8. The molecule has 4 rings (SSSR count). The van der Waals surface area contributed by atoms with Gasteiger partial charge in [-0.05, 0) is 84.1 Å². The van der Waals surface area contributed by atoms with Crippen molar-refractivity contribution in [2.24, 2.45) is 0 Å². The van der Waals surface area contributed by atoms with Crippen molar-refractivity contribution in [1.82, 2.24) is 9.80 Å². The summed E-state index contributed by atoms with van der Waals surface area (Å²) < 4.78 is 1.27. The molecule has 2 aliphatic rings. The van der Waals surface area contributed by atoms with Crippen LogP contribution in [-0.2, 0) is 6.54 Å². The molecule has 0 radical (unpaired) electrons. The minimum absolute atomic E-state index is 0.240. The average Bonchev–Trinajstić information content (AvgIpc) is 2.71. The summed E-state index contributed by atoms with van der Waals surface area (Å²) in [4.78, 5) is 4.95. The van der Waals surface area contributed by atoms with Crippen LogP contribution in [-0.4, -0.2) is 53.2 Å². The molecule has 1 N–H and O–H groups in total. The molecule has 0 aliphatic carbocycles. The number of nitrogens with zero attached hydrogens (tertiary/aromatic N) is 2. The second-order valence-electron chi connectivity index (χ2n) is 8.01. The fourth-order valence-corrected chi connectivity index (χ4v) is 5.05. The van der Waals surface area contributed by atoms with Gasteiger partial charge in [-0.1, -0.05) is 42.5 Å². The lowest BCUT2D eigenvalue weighted by Crippen LogP contribution is -2.55. The Morgan fingerprint density at radius 1 is 0.889 bits per heavy atom. The van der Waals surface area contributed by atoms with Gasteiger partial charge in [-0.15, -0.1) is 0 Å². The molecule has 2 heterocycles. The number of likely N-dealkylation sites (tertiary alicyclic amines) is 2. The van der Waals surface area contributed by atoms with Crippen molar-refractivity contribution in [3.63, 3.8) is 0 Å². The Hall–Kier alpha value is -0.950. The molecule has 2 atom stereocenters. The van der Waals surface area contributed by atoms with Crippen molar-refractivity contribution >= 4 is 22.6 Å². The van der Waals surface area contributed by atoms with Gasteiger partial charge >= 0.3 is 0 Å². The van der Waals surface area contributed by atoms with Crippen molar-refractivity contribution in [1.29, 1.82) is 0 Å². The van der Waals surface area contributed by atoms with Gasteiger partial charge in [0.15, 0.2) is 0 Å². The highest BCUT2D eigenvalue weighted by molar-refractivity contribution is 14.1. The fraction of sp³-hybridized carbons (Fsp3) is 0.478. The Balaban J connectivity index is 1.28. The SMILES string of the molecule is O[C@@H]1CN(Cc2ccc(I)cc2)CC[C@H]1N1CCC(c2ccccc2)CC1. The van der Waals surface area contributed by atoms with E-state index in [1.54, 1.807) is 0 Å². The van der Waals surface area contributed by atoms with Crippen LogP contribution in [0.2, 0.25) is 0 Å². The zero-order valence-electron chi connectivity index (χ0n) is 15.8. The second kappa shape index (κ2) is 9.03. The van der Waals surface area contributed by atoms with E-state index < -0.39 is 0 Å². The average molecular weight is 476 g/mol. The third kappa shape index (κ3) is 4.91. The monoisotopic (exact) mass is 476 g/mol. The van der Waals surface area contributed by atoms with E-state index >= 15 is 0 Å². The van der Waals surface area contributed by atoms with Gasteiger partial charge in [0.1, 0.15) is 0 Å². The fourth-order valence-electron chi connectivity index (χ4n) is 4.69. The first kappa shape index (κ1) is 19.4. The smallest absolute Gasteiger partial charge is 0.0822 e. The lowest BCUT2D eigenvalue weighted by Gasteiger charge is -2.44. The Kier molecular flexibility index (Phi) is 6.48. The molecule has 2 saturated heterocycles. The number of rotatable bonds is 4. The van der Waals surface area contributed by atoms with Gasteiger partial charge in [-0.3, -0.25) is 9.80 Å². The van der Waals surface area contributed by atoms with Gasteiger partial charge in [0.05, 0.1) is 6.10 Å². The molecule has 0 unspecified atom stereocenters. The Morgan fingerprint density at radius 3 is 2.26 bits per heavy atom. The third-order valence-corrected chi connectivity index (χ3v) is 6.94. The number of hydrogen-bond donors (Lipinski definition) is 1. The molecule has 2 aromatic carbocycles. The van der Waals surface area contributed by atoms with Gasteiger partial charge < -0.3 is 5.11 Å². The minimum Gasteiger partial charge on any atom is -0.390 e. The van der Waals surface area contributed by atoms with Gasteiger partial charge in [0.25, 0.3) is 0 Å². The largest absolute Gasteiger partial charge is 0.390 e. The quantitative estimate of drug-likeness (QED) is 0.674. The van der Waals surface area contributed by atoms with Crippen LogP contribution in [0.25, 0.3) is 0 Å². The first-order chi connectivity index (χ1) is 13.2. The van der Waals surface area contributed by atoms with Crippen LogP contribution in [0.5, 0.6) is 0 Å². The highest BCUT2D eigenvalue weighted by atomic mass is 127. The van der Waals surface area contributed by atoms with Crippen molar-refractivity contribution in [3.05, 3.63) is 69.3 Å². The van der Waals surface area contributed by atoms with E-state index in [9.17, 15) is 5.11 Å². The molecular formula is C23H29IN2O. The molecular weight excluding hydrogens is 447 g/mol. The normalized spacial score (nSPS) is 25.6. The van der Waals surface area contributed by atoms with Gasteiger partial charge in [-0.2, -0.15) is 0 Å². The summed E-state index contributed by atoms with van der Waals surface area (Å²) >= 11 is 2.34. The summed E-state index contributed by atoms with van der Waals surface area (Å²) in [5, 5.41) is 10.8. The number of aliphatic hydroxyl groups excluding tert-OH is 1. The molecule has 0 amide bonds. The number of halogens is 1. The number of benzene rings is 2. The lowest BCUT2D eigenvalue weighted by atomic mass is 9.87. The van der Waals surface area contributed by atoms with Crippen LogP contribution >= 0.6 is 22.6 Å². The van der Waals surface area contributed by atoms with Gasteiger partial charge in [-0.25, -0.2) is 0 Å². The molecule has 0 bridgehead atoms. The second-order valence-corrected chi connectivity index (χ2v) is 9.25. The van der Waals surface area contributed by atoms with Crippen LogP contribution in [0, 0.1) is 3.57 Å². The Morgan fingerprint density at radius 2 is 1.59 bits per heavy atom. The molecule has 2 aliphatic heterocycles. The first-order valence-corrected chi connectivity index (χ1v) is 11.2. The first-order valence-electron chi connectivity index (χ1n) is 10.1. The summed E-state index contributed by atoms with van der Waals surface area (Å²) in [5.41, 5.74) is 2.81. The number of hydrogen-bond acceptors (Lipinski definition) is 3. The summed E-state index contributed by atoms with van der Waals surface area (Å²) in [6, 6.07) is 20.0. The topological polar surface area (TPSA) is 26.7 Å². The molecule has 27 heavy (non-hydrogen) atoms. The number of piperidine rings is 2. The van der Waals surface area contributed by atoms with Gasteiger partial charge in [0.2, 0.25) is 0 Å². The molecule has 4 heteroatoms. The summed E-state index contributed by atoms with van der Waals surface area (Å²) in [5.74, 6) is 0.681. The Labute approximate surface area is 176 Å². The van der Waals surface area contributed by atoms with Gasteiger partial charge in [0, 0.05) is 29.2 Å². The Bertz CT molecular complexity index is 713. The van der Waals surface area contributed by atoms with E-state index in [4.69, 9.17) is 0 Å². The van der Waals surface area contributed by atoms with Crippen LogP contribution in [0.1, 0.15) is 36.3 Å². The van der Waals surface area contributed by atoms with Crippen molar-refractivity contribution in [2.45, 2.75) is 43.9 Å². The predicted octanol–water partition coefficient (Wildman–Crippen LogP) is 4.11. The van der Waals surface area contributed by atoms with E-state index in [1.165, 1.54) is 27.5 Å². The molecule has 0 spiro atoms. The molecule has 0 saturated carbocycles. The zero-order valence-corrected chi connectivity index (χ0v) is 18.0. The van der Waals surface area contributed by atoms with Crippen molar-refractivity contribution in [2.75, 3.05) is 26.2 Å². The third-order valence-electron chi connectivity index (χ3n) is 6.22. The van der Waals surface area contributed by atoms with Crippen LogP contribution in [0.3, 0.4) is 0 Å². The predicted molar refractivity (Wildman–Crippen MR) is 119 cm³/mol. The summed E-state index contributed by atoms with van der Waals surface area (Å²) in [6.07, 6.45) is 3.25. The summed E-state index contributed by atoms with van der Waals surface area (Å²) in [7, 11) is 0. The van der Waals surface area contributed by atoms with E-state index in [2.05, 4.69) is 87.0 Å². The van der Waals surface area contributed by atoms with Crippen molar-refractivity contribution < 1.29 is 5.11 Å². The highest BCUT2D eigenvalue weighted by Gasteiger charge is 2.34. The maximum absolute atomic E-state index is 10.8. The van der Waals surface area contributed by atoms with E-state index in [0.717, 1.165) is 39.1 Å². The van der Waals surface area contributed by atoms with Crippen molar-refractivity contribution in [3.8, 4) is 0 Å².